The molecule has 0 amide bonds. The maximum atomic E-state index is 4.19. The number of nitrogens with one attached hydrogen (secondary N) is 2. The predicted molar refractivity (Wildman–Crippen MR) is 74.8 cm³/mol. The van der Waals surface area contributed by atoms with Gasteiger partial charge in [-0.05, 0) is 12.1 Å². The second-order valence-corrected chi connectivity index (χ2v) is 5.18. The van der Waals surface area contributed by atoms with Crippen LogP contribution in [0.15, 0.2) is 42.7 Å². The van der Waals surface area contributed by atoms with Gasteiger partial charge in [-0.3, -0.25) is 5.10 Å². The third-order valence-corrected chi connectivity index (χ3v) is 4.21. The number of fused-ring (bicyclic) bond motifs is 1. The summed E-state index contributed by atoms with van der Waals surface area (Å²) in [6, 6.07) is 10.3. The highest BCUT2D eigenvalue weighted by molar-refractivity contribution is 7.23. The second kappa shape index (κ2) is 4.03. The Morgan fingerprint density at radius 1 is 1.05 bits per heavy atom. The van der Waals surface area contributed by atoms with Gasteiger partial charge in [0.1, 0.15) is 5.69 Å². The fourth-order valence-electron chi connectivity index (χ4n) is 2.20. The molecule has 19 heavy (non-hydrogen) atoms. The lowest BCUT2D eigenvalue weighted by Gasteiger charge is -1.98. The van der Waals surface area contributed by atoms with Crippen molar-refractivity contribution in [2.45, 2.75) is 0 Å². The van der Waals surface area contributed by atoms with Crippen molar-refractivity contribution in [2.75, 3.05) is 0 Å². The number of hydrogen-bond acceptors (Lipinski definition) is 4. The van der Waals surface area contributed by atoms with E-state index in [0.717, 1.165) is 21.8 Å². The van der Waals surface area contributed by atoms with E-state index in [9.17, 15) is 0 Å². The Bertz CT molecular complexity index is 814. The molecule has 3 aromatic heterocycles. The first-order valence-corrected chi connectivity index (χ1v) is 6.62. The Morgan fingerprint density at radius 2 is 2.00 bits per heavy atom. The van der Waals surface area contributed by atoms with Crippen LogP contribution in [0.3, 0.4) is 0 Å². The monoisotopic (exact) mass is 267 g/mol. The third-order valence-electron chi connectivity index (χ3n) is 3.01. The van der Waals surface area contributed by atoms with Gasteiger partial charge in [0.25, 0.3) is 0 Å². The first-order chi connectivity index (χ1) is 9.43. The van der Waals surface area contributed by atoms with Gasteiger partial charge in [0.05, 0.1) is 16.8 Å². The molecule has 5 nitrogen and oxygen atoms in total. The minimum Gasteiger partial charge on any atom is -0.278 e. The molecule has 0 radical (unpaired) electrons. The quantitative estimate of drug-likeness (QED) is 0.586. The van der Waals surface area contributed by atoms with Crippen LogP contribution in [0.5, 0.6) is 0 Å². The molecule has 92 valence electrons. The molecular formula is C13H9N5S. The van der Waals surface area contributed by atoms with Crippen molar-refractivity contribution in [1.29, 1.82) is 0 Å². The summed E-state index contributed by atoms with van der Waals surface area (Å²) in [5.74, 6) is 0. The van der Waals surface area contributed by atoms with Gasteiger partial charge < -0.3 is 0 Å². The minimum atomic E-state index is 0.853. The molecule has 1 aromatic carbocycles. The molecule has 0 aliphatic rings. The number of aromatic nitrogens is 5. The van der Waals surface area contributed by atoms with Crippen molar-refractivity contribution in [2.24, 2.45) is 0 Å². The fraction of sp³-hybridized carbons (Fsp3) is 0. The molecule has 0 saturated carbocycles. The molecule has 2 N–H and O–H groups in total. The highest BCUT2D eigenvalue weighted by atomic mass is 32.1. The zero-order valence-electron chi connectivity index (χ0n) is 9.79. The fourth-order valence-corrected chi connectivity index (χ4v) is 3.37. The van der Waals surface area contributed by atoms with Crippen molar-refractivity contribution in [3.63, 3.8) is 0 Å². The van der Waals surface area contributed by atoms with E-state index in [1.165, 1.54) is 10.1 Å². The molecular weight excluding hydrogens is 258 g/mol. The van der Waals surface area contributed by atoms with Crippen LogP contribution in [0, 0.1) is 0 Å². The van der Waals surface area contributed by atoms with E-state index in [2.05, 4.69) is 37.7 Å². The first-order valence-electron chi connectivity index (χ1n) is 5.81. The van der Waals surface area contributed by atoms with Gasteiger partial charge in [-0.15, -0.1) is 11.3 Å². The average Bonchev–Trinajstić information content (AvgIpc) is 3.17. The SMILES string of the molecule is c1ccc2c(-c3ccn[nH]3)c(-c3cn[nH]n3)sc2c1. The maximum Gasteiger partial charge on any atom is 0.123 e. The molecule has 4 aromatic rings. The van der Waals surface area contributed by atoms with Gasteiger partial charge in [0, 0.05) is 21.8 Å². The van der Waals surface area contributed by atoms with Crippen molar-refractivity contribution < 1.29 is 0 Å². The van der Waals surface area contributed by atoms with Crippen molar-refractivity contribution in [3.05, 3.63) is 42.7 Å². The molecule has 0 unspecified atom stereocenters. The summed E-state index contributed by atoms with van der Waals surface area (Å²) in [6.45, 7) is 0. The standard InChI is InChI=1S/C13H9N5S/c1-2-4-11-8(3-1)12(9-5-6-14-16-9)13(19-11)10-7-15-18-17-10/h1-7H,(H,14,16)(H,15,17,18). The molecule has 3 heterocycles. The van der Waals surface area contributed by atoms with Gasteiger partial charge in [0.15, 0.2) is 0 Å². The van der Waals surface area contributed by atoms with Crippen LogP contribution in [0.1, 0.15) is 0 Å². The van der Waals surface area contributed by atoms with E-state index in [1.807, 2.05) is 18.2 Å². The Kier molecular flexibility index (Phi) is 2.22. The van der Waals surface area contributed by atoms with Crippen LogP contribution in [0.25, 0.3) is 31.9 Å². The molecule has 6 heteroatoms. The molecule has 0 aliphatic carbocycles. The summed E-state index contributed by atoms with van der Waals surface area (Å²) < 4.78 is 1.23. The lowest BCUT2D eigenvalue weighted by molar-refractivity contribution is 0.942. The van der Waals surface area contributed by atoms with Gasteiger partial charge >= 0.3 is 0 Å². The number of benzene rings is 1. The summed E-state index contributed by atoms with van der Waals surface area (Å²) in [7, 11) is 0. The summed E-state index contributed by atoms with van der Waals surface area (Å²) in [6.07, 6.45) is 3.50. The third kappa shape index (κ3) is 1.57. The summed E-state index contributed by atoms with van der Waals surface area (Å²) in [5.41, 5.74) is 2.98. The lowest BCUT2D eigenvalue weighted by Crippen LogP contribution is -1.81. The van der Waals surface area contributed by atoms with Gasteiger partial charge in [-0.25, -0.2) is 0 Å². The van der Waals surface area contributed by atoms with E-state index in [4.69, 9.17) is 0 Å². The number of H-pyrrole nitrogens is 2. The zero-order chi connectivity index (χ0) is 12.7. The van der Waals surface area contributed by atoms with Crippen molar-refractivity contribution in [3.8, 4) is 21.8 Å². The molecule has 0 fully saturated rings. The highest BCUT2D eigenvalue weighted by Gasteiger charge is 2.17. The van der Waals surface area contributed by atoms with Crippen molar-refractivity contribution >= 4 is 21.4 Å². The van der Waals surface area contributed by atoms with Crippen molar-refractivity contribution in [1.82, 2.24) is 25.6 Å². The van der Waals surface area contributed by atoms with Crippen LogP contribution in [0.4, 0.5) is 0 Å². The summed E-state index contributed by atoms with van der Waals surface area (Å²) in [4.78, 5) is 1.10. The second-order valence-electron chi connectivity index (χ2n) is 4.13. The van der Waals surface area contributed by atoms with Gasteiger partial charge in [-0.2, -0.15) is 20.5 Å². The van der Waals surface area contributed by atoms with Gasteiger partial charge in [-0.1, -0.05) is 18.2 Å². The lowest BCUT2D eigenvalue weighted by atomic mass is 10.1. The van der Waals surface area contributed by atoms with Crippen LogP contribution in [0.2, 0.25) is 0 Å². The zero-order valence-corrected chi connectivity index (χ0v) is 10.6. The molecule has 4 rings (SSSR count). The number of thiophene rings is 1. The largest absolute Gasteiger partial charge is 0.278 e. The van der Waals surface area contributed by atoms with Crippen LogP contribution in [-0.2, 0) is 0 Å². The summed E-state index contributed by atoms with van der Waals surface area (Å²) in [5, 5.41) is 19.0. The van der Waals surface area contributed by atoms with E-state index >= 15 is 0 Å². The Balaban J connectivity index is 2.10. The van der Waals surface area contributed by atoms with E-state index < -0.39 is 0 Å². The predicted octanol–water partition coefficient (Wildman–Crippen LogP) is 3.08. The maximum absolute atomic E-state index is 4.19. The van der Waals surface area contributed by atoms with E-state index in [1.54, 1.807) is 23.7 Å². The number of hydrogen-bond donors (Lipinski definition) is 2. The van der Waals surface area contributed by atoms with E-state index in [-0.39, 0.29) is 0 Å². The number of nitrogens with zero attached hydrogens (tertiary/aromatic N) is 3. The van der Waals surface area contributed by atoms with Crippen LogP contribution in [-0.4, -0.2) is 25.6 Å². The molecule has 0 aliphatic heterocycles. The molecule has 0 bridgehead atoms. The summed E-state index contributed by atoms with van der Waals surface area (Å²) >= 11 is 1.71. The normalized spacial score (nSPS) is 11.2. The molecule has 0 saturated heterocycles. The van der Waals surface area contributed by atoms with Crippen LogP contribution >= 0.6 is 11.3 Å². The number of rotatable bonds is 2. The molecule has 0 spiro atoms. The smallest absolute Gasteiger partial charge is 0.123 e. The Morgan fingerprint density at radius 3 is 2.79 bits per heavy atom. The van der Waals surface area contributed by atoms with Crippen LogP contribution < -0.4 is 0 Å². The minimum absolute atomic E-state index is 0.853. The first kappa shape index (κ1) is 10.5. The molecule has 0 atom stereocenters. The van der Waals surface area contributed by atoms with Gasteiger partial charge in [0.2, 0.25) is 0 Å². The Hall–Kier alpha value is -2.47. The average molecular weight is 267 g/mol. The number of aromatic amines is 2. The topological polar surface area (TPSA) is 70.2 Å². The highest BCUT2D eigenvalue weighted by Crippen LogP contribution is 2.42. The Labute approximate surface area is 112 Å². The van der Waals surface area contributed by atoms with E-state index in [0.29, 0.717) is 0 Å².